The fourth-order valence-corrected chi connectivity index (χ4v) is 0.827. The molecule has 0 fully saturated rings. The molecule has 5 heteroatoms. The third-order valence-electron chi connectivity index (χ3n) is 1.48. The van der Waals surface area contributed by atoms with E-state index < -0.39 is 4.92 Å². The first-order chi connectivity index (χ1) is 6.38. The molecule has 1 rings (SSSR count). The largest absolute Gasteiger partial charge is 0.433 e. The minimum Gasteiger partial charge on any atom is -0.401 e. The average Bonchev–Trinajstić information content (AvgIpc) is 2.47. The number of hydrogen-bond acceptors (Lipinski definition) is 3. The first kappa shape index (κ1) is 10.5. The van der Waals surface area contributed by atoms with Gasteiger partial charge in [0.1, 0.15) is 10.7 Å². The molecule has 1 heterocycles. The van der Waals surface area contributed by atoms with Crippen LogP contribution < -0.4 is 0 Å². The lowest BCUT2D eigenvalue weighted by Crippen LogP contribution is -2.26. The van der Waals surface area contributed by atoms with Gasteiger partial charge in [0, 0.05) is 6.08 Å². The molecule has 76 valence electrons. The molecule has 0 saturated heterocycles. The van der Waals surface area contributed by atoms with E-state index in [-0.39, 0.29) is 5.88 Å². The molecular weight excluding hydrogens is 184 g/mol. The Morgan fingerprint density at radius 3 is 2.50 bits per heavy atom. The molecule has 1 aromatic heterocycles. The maximum Gasteiger partial charge on any atom is 0.433 e. The van der Waals surface area contributed by atoms with Crippen molar-refractivity contribution >= 4 is 12.0 Å². The van der Waals surface area contributed by atoms with E-state index in [0.717, 1.165) is 0 Å². The molecule has 0 bridgehead atoms. The maximum absolute atomic E-state index is 10.3. The van der Waals surface area contributed by atoms with Crippen LogP contribution in [0.5, 0.6) is 0 Å². The van der Waals surface area contributed by atoms with Crippen molar-refractivity contribution in [2.24, 2.45) is 0 Å². The van der Waals surface area contributed by atoms with E-state index in [1.165, 1.54) is 6.07 Å². The SMILES string of the molecule is C[N+](C)(C)C=Cc1ccc([N+](=O)[O-])o1. The summed E-state index contributed by atoms with van der Waals surface area (Å²) in [7, 11) is 5.94. The summed E-state index contributed by atoms with van der Waals surface area (Å²) in [5, 5.41) is 10.3. The van der Waals surface area contributed by atoms with E-state index in [1.807, 2.05) is 27.3 Å². The van der Waals surface area contributed by atoms with Gasteiger partial charge in [-0.2, -0.15) is 0 Å². The molecule has 0 aliphatic carbocycles. The van der Waals surface area contributed by atoms with Gasteiger partial charge in [-0.05, 0) is 6.07 Å². The van der Waals surface area contributed by atoms with Gasteiger partial charge in [-0.1, -0.05) is 0 Å². The summed E-state index contributed by atoms with van der Waals surface area (Å²) in [4.78, 5) is 9.75. The molecule has 0 aromatic carbocycles. The normalized spacial score (nSPS) is 12.2. The zero-order chi connectivity index (χ0) is 10.8. The molecule has 0 unspecified atom stereocenters. The molecule has 0 saturated carbocycles. The highest BCUT2D eigenvalue weighted by molar-refractivity contribution is 5.43. The Morgan fingerprint density at radius 1 is 1.43 bits per heavy atom. The fourth-order valence-electron chi connectivity index (χ4n) is 0.827. The summed E-state index contributed by atoms with van der Waals surface area (Å²) in [6.07, 6.45) is 3.59. The van der Waals surface area contributed by atoms with E-state index in [0.29, 0.717) is 10.2 Å². The molecule has 0 aliphatic heterocycles. The van der Waals surface area contributed by atoms with Crippen molar-refractivity contribution in [3.8, 4) is 0 Å². The van der Waals surface area contributed by atoms with Crippen LogP contribution in [0.4, 0.5) is 5.88 Å². The van der Waals surface area contributed by atoms with Gasteiger partial charge in [-0.25, -0.2) is 0 Å². The second-order valence-corrected chi connectivity index (χ2v) is 3.87. The van der Waals surface area contributed by atoms with Crippen LogP contribution in [-0.4, -0.2) is 30.5 Å². The maximum atomic E-state index is 10.3. The van der Waals surface area contributed by atoms with Crippen LogP contribution in [0.2, 0.25) is 0 Å². The smallest absolute Gasteiger partial charge is 0.401 e. The Kier molecular flexibility index (Phi) is 2.71. The summed E-state index contributed by atoms with van der Waals surface area (Å²) in [5.41, 5.74) is 0. The molecule has 0 radical (unpaired) electrons. The highest BCUT2D eigenvalue weighted by atomic mass is 16.6. The Labute approximate surface area is 82.0 Å². The van der Waals surface area contributed by atoms with Crippen LogP contribution in [0.15, 0.2) is 22.7 Å². The monoisotopic (exact) mass is 197 g/mol. The highest BCUT2D eigenvalue weighted by Crippen LogP contribution is 2.16. The molecule has 0 spiro atoms. The molecule has 0 N–H and O–H groups in total. The first-order valence-electron chi connectivity index (χ1n) is 4.13. The van der Waals surface area contributed by atoms with Gasteiger partial charge < -0.3 is 8.90 Å². The molecule has 0 atom stereocenters. The van der Waals surface area contributed by atoms with E-state index in [2.05, 4.69) is 0 Å². The molecule has 1 aromatic rings. The third kappa shape index (κ3) is 3.02. The van der Waals surface area contributed by atoms with Crippen LogP contribution >= 0.6 is 0 Å². The van der Waals surface area contributed by atoms with Crippen LogP contribution in [0.3, 0.4) is 0 Å². The molecular formula is C9H13N2O3+. The van der Waals surface area contributed by atoms with Crippen LogP contribution in [0.1, 0.15) is 5.76 Å². The second kappa shape index (κ2) is 3.63. The second-order valence-electron chi connectivity index (χ2n) is 3.87. The standard InChI is InChI=1S/C9H13N2O3/c1-11(2,3)7-6-8-4-5-9(14-8)10(12)13/h4-7H,1-3H3/q+1. The summed E-state index contributed by atoms with van der Waals surface area (Å²) in [6, 6.07) is 2.92. The summed E-state index contributed by atoms with van der Waals surface area (Å²) in [6.45, 7) is 0. The molecule has 5 nitrogen and oxygen atoms in total. The number of furan rings is 1. The Balaban J connectivity index is 2.79. The van der Waals surface area contributed by atoms with Crippen LogP contribution in [-0.2, 0) is 0 Å². The predicted molar refractivity (Wildman–Crippen MR) is 52.4 cm³/mol. The lowest BCUT2D eigenvalue weighted by Gasteiger charge is -2.16. The average molecular weight is 197 g/mol. The van der Waals surface area contributed by atoms with E-state index >= 15 is 0 Å². The molecule has 0 amide bonds. The van der Waals surface area contributed by atoms with Crippen molar-refractivity contribution in [2.45, 2.75) is 0 Å². The number of rotatable bonds is 3. The Morgan fingerprint density at radius 2 is 2.07 bits per heavy atom. The zero-order valence-electron chi connectivity index (χ0n) is 8.43. The Bertz CT molecular complexity index is 360. The zero-order valence-corrected chi connectivity index (χ0v) is 8.43. The van der Waals surface area contributed by atoms with E-state index in [1.54, 1.807) is 12.1 Å². The lowest BCUT2D eigenvalue weighted by molar-refractivity contribution is -0.816. The van der Waals surface area contributed by atoms with Gasteiger partial charge in [0.05, 0.1) is 33.4 Å². The van der Waals surface area contributed by atoms with Crippen molar-refractivity contribution in [3.05, 3.63) is 34.2 Å². The topological polar surface area (TPSA) is 56.3 Å². The summed E-state index contributed by atoms with van der Waals surface area (Å²) >= 11 is 0. The Hall–Kier alpha value is -1.62. The lowest BCUT2D eigenvalue weighted by atomic mass is 10.4. The van der Waals surface area contributed by atoms with Crippen LogP contribution in [0.25, 0.3) is 6.08 Å². The van der Waals surface area contributed by atoms with Crippen LogP contribution in [0, 0.1) is 10.1 Å². The number of hydrogen-bond donors (Lipinski definition) is 0. The van der Waals surface area contributed by atoms with Gasteiger partial charge in [0.15, 0.2) is 0 Å². The molecule has 0 aliphatic rings. The van der Waals surface area contributed by atoms with E-state index in [9.17, 15) is 10.1 Å². The number of nitro groups is 1. The number of quaternary nitrogens is 1. The summed E-state index contributed by atoms with van der Waals surface area (Å²) < 4.78 is 5.58. The highest BCUT2D eigenvalue weighted by Gasteiger charge is 2.10. The van der Waals surface area contributed by atoms with Crippen molar-refractivity contribution in [2.75, 3.05) is 21.1 Å². The fraction of sp³-hybridized carbons (Fsp3) is 0.333. The van der Waals surface area contributed by atoms with Crippen molar-refractivity contribution in [1.82, 2.24) is 0 Å². The summed E-state index contributed by atoms with van der Waals surface area (Å²) in [5.74, 6) is 0.260. The number of nitrogens with zero attached hydrogens (tertiary/aromatic N) is 2. The molecule has 14 heavy (non-hydrogen) atoms. The quantitative estimate of drug-likeness (QED) is 0.422. The van der Waals surface area contributed by atoms with Gasteiger partial charge in [-0.3, -0.25) is 10.1 Å². The van der Waals surface area contributed by atoms with Gasteiger partial charge in [-0.15, -0.1) is 0 Å². The van der Waals surface area contributed by atoms with E-state index in [4.69, 9.17) is 4.42 Å². The van der Waals surface area contributed by atoms with Gasteiger partial charge in [0.2, 0.25) is 0 Å². The van der Waals surface area contributed by atoms with Crippen molar-refractivity contribution in [3.63, 3.8) is 0 Å². The van der Waals surface area contributed by atoms with Crippen molar-refractivity contribution < 1.29 is 13.8 Å². The third-order valence-corrected chi connectivity index (χ3v) is 1.48. The predicted octanol–water partition coefficient (Wildman–Crippen LogP) is 1.86. The first-order valence-corrected chi connectivity index (χ1v) is 4.13. The van der Waals surface area contributed by atoms with Crippen molar-refractivity contribution in [1.29, 1.82) is 0 Å². The minimum absolute atomic E-state index is 0.231. The van der Waals surface area contributed by atoms with Gasteiger partial charge in [0.25, 0.3) is 0 Å². The van der Waals surface area contributed by atoms with Gasteiger partial charge >= 0.3 is 5.88 Å². The minimum atomic E-state index is -0.552.